The zero-order valence-electron chi connectivity index (χ0n) is 11.8. The van der Waals surface area contributed by atoms with Crippen molar-refractivity contribution >= 4 is 17.1 Å². The number of azo groups is 1. The van der Waals surface area contributed by atoms with Gasteiger partial charge in [0, 0.05) is 18.8 Å². The van der Waals surface area contributed by atoms with Gasteiger partial charge in [0.2, 0.25) is 0 Å². The predicted octanol–water partition coefficient (Wildman–Crippen LogP) is 4.65. The van der Waals surface area contributed by atoms with Gasteiger partial charge in [-0.2, -0.15) is 10.2 Å². The SMILES string of the molecule is CCN(CC)c1ccc(/N=N/c2ccc(O)cc2)cc1. The van der Waals surface area contributed by atoms with Gasteiger partial charge in [0.25, 0.3) is 0 Å². The van der Waals surface area contributed by atoms with E-state index in [9.17, 15) is 5.11 Å². The Morgan fingerprint density at radius 3 is 1.70 bits per heavy atom. The summed E-state index contributed by atoms with van der Waals surface area (Å²) >= 11 is 0. The molecular weight excluding hydrogens is 250 g/mol. The zero-order chi connectivity index (χ0) is 14.4. The van der Waals surface area contributed by atoms with Gasteiger partial charge in [0.1, 0.15) is 5.75 Å². The molecule has 4 nitrogen and oxygen atoms in total. The summed E-state index contributed by atoms with van der Waals surface area (Å²) in [6.07, 6.45) is 0. The van der Waals surface area contributed by atoms with E-state index in [0.29, 0.717) is 0 Å². The Morgan fingerprint density at radius 2 is 1.25 bits per heavy atom. The second kappa shape index (κ2) is 6.70. The summed E-state index contributed by atoms with van der Waals surface area (Å²) in [6, 6.07) is 14.7. The van der Waals surface area contributed by atoms with E-state index in [1.54, 1.807) is 24.3 Å². The molecule has 0 amide bonds. The van der Waals surface area contributed by atoms with Gasteiger partial charge in [-0.1, -0.05) is 0 Å². The van der Waals surface area contributed by atoms with E-state index in [1.807, 2.05) is 12.1 Å². The second-order valence-corrected chi connectivity index (χ2v) is 4.41. The largest absolute Gasteiger partial charge is 0.508 e. The molecular formula is C16H19N3O. The highest BCUT2D eigenvalue weighted by Crippen LogP contribution is 2.23. The van der Waals surface area contributed by atoms with E-state index in [1.165, 1.54) is 5.69 Å². The molecule has 2 aromatic carbocycles. The molecule has 0 bridgehead atoms. The van der Waals surface area contributed by atoms with Crippen molar-refractivity contribution in [1.29, 1.82) is 0 Å². The lowest BCUT2D eigenvalue weighted by Gasteiger charge is -2.20. The van der Waals surface area contributed by atoms with Crippen molar-refractivity contribution in [2.24, 2.45) is 10.2 Å². The Hall–Kier alpha value is -2.36. The van der Waals surface area contributed by atoms with Gasteiger partial charge in [-0.15, -0.1) is 0 Å². The maximum Gasteiger partial charge on any atom is 0.115 e. The van der Waals surface area contributed by atoms with Crippen LogP contribution in [0.3, 0.4) is 0 Å². The molecule has 0 radical (unpaired) electrons. The van der Waals surface area contributed by atoms with Crippen LogP contribution in [0.5, 0.6) is 5.75 Å². The molecule has 1 N–H and O–H groups in total. The van der Waals surface area contributed by atoms with Crippen LogP contribution >= 0.6 is 0 Å². The molecule has 0 aliphatic heterocycles. The van der Waals surface area contributed by atoms with Crippen LogP contribution in [0.1, 0.15) is 13.8 Å². The zero-order valence-corrected chi connectivity index (χ0v) is 11.8. The molecule has 0 unspecified atom stereocenters. The molecule has 104 valence electrons. The Bertz CT molecular complexity index is 557. The first-order valence-corrected chi connectivity index (χ1v) is 6.78. The Morgan fingerprint density at radius 1 is 0.800 bits per heavy atom. The van der Waals surface area contributed by atoms with E-state index >= 15 is 0 Å². The summed E-state index contributed by atoms with van der Waals surface area (Å²) in [5.41, 5.74) is 2.73. The van der Waals surface area contributed by atoms with E-state index in [2.05, 4.69) is 41.1 Å². The van der Waals surface area contributed by atoms with Crippen molar-refractivity contribution in [3.63, 3.8) is 0 Å². The van der Waals surface area contributed by atoms with Gasteiger partial charge in [0.15, 0.2) is 0 Å². The van der Waals surface area contributed by atoms with Crippen molar-refractivity contribution in [3.8, 4) is 5.75 Å². The molecule has 0 aliphatic rings. The molecule has 0 saturated heterocycles. The number of rotatable bonds is 5. The summed E-state index contributed by atoms with van der Waals surface area (Å²) < 4.78 is 0. The summed E-state index contributed by atoms with van der Waals surface area (Å²) in [4.78, 5) is 2.28. The number of benzene rings is 2. The first-order chi connectivity index (χ1) is 9.72. The highest BCUT2D eigenvalue weighted by Gasteiger charge is 2.00. The van der Waals surface area contributed by atoms with Crippen LogP contribution < -0.4 is 4.90 Å². The average Bonchev–Trinajstić information content (AvgIpc) is 2.49. The van der Waals surface area contributed by atoms with Crippen molar-refractivity contribution in [2.75, 3.05) is 18.0 Å². The third-order valence-corrected chi connectivity index (χ3v) is 3.11. The molecule has 0 aliphatic carbocycles. The Labute approximate surface area is 119 Å². The van der Waals surface area contributed by atoms with E-state index < -0.39 is 0 Å². The van der Waals surface area contributed by atoms with Gasteiger partial charge >= 0.3 is 0 Å². The normalized spacial score (nSPS) is 10.9. The van der Waals surface area contributed by atoms with Crippen molar-refractivity contribution in [2.45, 2.75) is 13.8 Å². The number of nitrogens with zero attached hydrogens (tertiary/aromatic N) is 3. The third-order valence-electron chi connectivity index (χ3n) is 3.11. The standard InChI is InChI=1S/C16H19N3O/c1-3-19(4-2)15-9-5-13(6-10-15)17-18-14-7-11-16(20)12-8-14/h5-12,20H,3-4H2,1-2H3/b18-17+. The number of hydrogen-bond acceptors (Lipinski definition) is 4. The lowest BCUT2D eigenvalue weighted by molar-refractivity contribution is 0.475. The maximum absolute atomic E-state index is 9.19. The first kappa shape index (κ1) is 14.1. The van der Waals surface area contributed by atoms with E-state index in [4.69, 9.17) is 0 Å². The fourth-order valence-electron chi connectivity index (χ4n) is 1.95. The highest BCUT2D eigenvalue weighted by molar-refractivity contribution is 5.52. The number of aromatic hydroxyl groups is 1. The molecule has 2 rings (SSSR count). The van der Waals surface area contributed by atoms with Crippen LogP contribution in [-0.4, -0.2) is 18.2 Å². The predicted molar refractivity (Wildman–Crippen MR) is 82.3 cm³/mol. The highest BCUT2D eigenvalue weighted by atomic mass is 16.3. The number of anilines is 1. The minimum Gasteiger partial charge on any atom is -0.508 e. The lowest BCUT2D eigenvalue weighted by atomic mass is 10.2. The van der Waals surface area contributed by atoms with E-state index in [0.717, 1.165) is 24.5 Å². The van der Waals surface area contributed by atoms with Crippen LogP contribution in [0.15, 0.2) is 58.8 Å². The molecule has 2 aromatic rings. The molecule has 20 heavy (non-hydrogen) atoms. The van der Waals surface area contributed by atoms with Crippen molar-refractivity contribution in [1.82, 2.24) is 0 Å². The van der Waals surface area contributed by atoms with Crippen LogP contribution in [0.2, 0.25) is 0 Å². The second-order valence-electron chi connectivity index (χ2n) is 4.41. The van der Waals surface area contributed by atoms with Gasteiger partial charge < -0.3 is 10.0 Å². The van der Waals surface area contributed by atoms with Gasteiger partial charge in [-0.25, -0.2) is 0 Å². The third kappa shape index (κ3) is 3.57. The molecule has 0 fully saturated rings. The summed E-state index contributed by atoms with van der Waals surface area (Å²) in [5, 5.41) is 17.5. The van der Waals surface area contributed by atoms with Gasteiger partial charge in [0.05, 0.1) is 11.4 Å². The fourth-order valence-corrected chi connectivity index (χ4v) is 1.95. The number of phenolic OH excluding ortho intramolecular Hbond substituents is 1. The molecule has 0 saturated carbocycles. The lowest BCUT2D eigenvalue weighted by Crippen LogP contribution is -2.21. The number of phenols is 1. The van der Waals surface area contributed by atoms with Crippen LogP contribution in [0.4, 0.5) is 17.1 Å². The van der Waals surface area contributed by atoms with Crippen molar-refractivity contribution in [3.05, 3.63) is 48.5 Å². The molecule has 0 atom stereocenters. The summed E-state index contributed by atoms with van der Waals surface area (Å²) in [6.45, 7) is 6.26. The Balaban J connectivity index is 2.08. The van der Waals surface area contributed by atoms with Gasteiger partial charge in [-0.05, 0) is 62.4 Å². The minimum atomic E-state index is 0.229. The minimum absolute atomic E-state index is 0.229. The molecule has 0 heterocycles. The first-order valence-electron chi connectivity index (χ1n) is 6.78. The monoisotopic (exact) mass is 269 g/mol. The quantitative estimate of drug-likeness (QED) is 0.803. The smallest absolute Gasteiger partial charge is 0.115 e. The van der Waals surface area contributed by atoms with E-state index in [-0.39, 0.29) is 5.75 Å². The van der Waals surface area contributed by atoms with Crippen LogP contribution in [0, 0.1) is 0 Å². The summed E-state index contributed by atoms with van der Waals surface area (Å²) in [5.74, 6) is 0.229. The molecule has 4 heteroatoms. The number of hydrogen-bond donors (Lipinski definition) is 1. The molecule has 0 spiro atoms. The summed E-state index contributed by atoms with van der Waals surface area (Å²) in [7, 11) is 0. The Kier molecular flexibility index (Phi) is 4.71. The topological polar surface area (TPSA) is 48.2 Å². The maximum atomic E-state index is 9.19. The van der Waals surface area contributed by atoms with Gasteiger partial charge in [-0.3, -0.25) is 0 Å². The van der Waals surface area contributed by atoms with Crippen molar-refractivity contribution < 1.29 is 5.11 Å². The van der Waals surface area contributed by atoms with Crippen LogP contribution in [0.25, 0.3) is 0 Å². The molecule has 0 aromatic heterocycles. The van der Waals surface area contributed by atoms with Crippen LogP contribution in [-0.2, 0) is 0 Å². The fraction of sp³-hybridized carbons (Fsp3) is 0.250. The average molecular weight is 269 g/mol.